The first-order valence-corrected chi connectivity index (χ1v) is 11.9. The zero-order valence-corrected chi connectivity index (χ0v) is 18.2. The van der Waals surface area contributed by atoms with Crippen LogP contribution < -0.4 is 5.56 Å². The average molecular weight is 443 g/mol. The van der Waals surface area contributed by atoms with E-state index in [1.54, 1.807) is 37.6 Å². The maximum absolute atomic E-state index is 13.7. The first-order valence-electron chi connectivity index (χ1n) is 10.00. The summed E-state index contributed by atoms with van der Waals surface area (Å²) in [6, 6.07) is 12.0. The highest BCUT2D eigenvalue weighted by molar-refractivity contribution is 7.90. The molecule has 8 heteroatoms. The highest BCUT2D eigenvalue weighted by atomic mass is 32.2. The molecule has 0 unspecified atom stereocenters. The molecule has 0 atom stereocenters. The third-order valence-corrected chi connectivity index (χ3v) is 6.98. The van der Waals surface area contributed by atoms with Gasteiger partial charge in [0.05, 0.1) is 16.7 Å². The van der Waals surface area contributed by atoms with Crippen LogP contribution in [0.1, 0.15) is 25.7 Å². The van der Waals surface area contributed by atoms with Gasteiger partial charge in [-0.3, -0.25) is 4.79 Å². The molecule has 0 spiro atoms. The maximum Gasteiger partial charge on any atom is 0.277 e. The molecule has 6 nitrogen and oxygen atoms in total. The summed E-state index contributed by atoms with van der Waals surface area (Å²) < 4.78 is 44.3. The number of benzene rings is 2. The monoisotopic (exact) mass is 442 g/mol. The van der Waals surface area contributed by atoms with E-state index in [1.165, 1.54) is 28.9 Å². The normalized spacial score (nSPS) is 15.8. The lowest BCUT2D eigenvalue weighted by Gasteiger charge is -2.29. The quantitative estimate of drug-likeness (QED) is 0.597. The van der Waals surface area contributed by atoms with Crippen LogP contribution in [0.4, 0.5) is 4.39 Å². The molecule has 0 saturated heterocycles. The number of ether oxygens (including phenoxy) is 1. The standard InChI is InChI=1S/C23H23FN2O4S/c1-30-23(13-3-4-14-23)26-22(27)21(17-5-9-18(24)10-6-17)20(15-25-26)16-7-11-19(12-8-16)31(2,28)29/h5-12,15H,3-4,13-14H2,1-2H3. The molecule has 31 heavy (non-hydrogen) atoms. The van der Waals surface area contributed by atoms with Gasteiger partial charge in [-0.1, -0.05) is 24.3 Å². The number of aromatic nitrogens is 2. The van der Waals surface area contributed by atoms with E-state index in [-0.39, 0.29) is 10.5 Å². The molecule has 0 N–H and O–H groups in total. The van der Waals surface area contributed by atoms with Crippen molar-refractivity contribution in [2.45, 2.75) is 36.3 Å². The summed E-state index contributed by atoms with van der Waals surface area (Å²) in [5.41, 5.74) is 0.961. The summed E-state index contributed by atoms with van der Waals surface area (Å²) >= 11 is 0. The highest BCUT2D eigenvalue weighted by Gasteiger charge is 2.38. The largest absolute Gasteiger partial charge is 0.357 e. The van der Waals surface area contributed by atoms with Gasteiger partial charge in [-0.25, -0.2) is 12.8 Å². The molecule has 0 bridgehead atoms. The summed E-state index contributed by atoms with van der Waals surface area (Å²) in [5.74, 6) is -0.402. The van der Waals surface area contributed by atoms with Crippen molar-refractivity contribution in [3.8, 4) is 22.3 Å². The second kappa shape index (κ2) is 8.01. The molecule has 0 radical (unpaired) electrons. The van der Waals surface area contributed by atoms with E-state index in [9.17, 15) is 17.6 Å². The van der Waals surface area contributed by atoms with Crippen LogP contribution in [0.2, 0.25) is 0 Å². The van der Waals surface area contributed by atoms with Gasteiger partial charge in [0.15, 0.2) is 15.6 Å². The van der Waals surface area contributed by atoms with E-state index in [4.69, 9.17) is 4.74 Å². The Morgan fingerprint density at radius 3 is 2.13 bits per heavy atom. The summed E-state index contributed by atoms with van der Waals surface area (Å²) in [6.07, 6.45) is 5.96. The molecule has 1 aliphatic rings. The predicted molar refractivity (Wildman–Crippen MR) is 116 cm³/mol. The fourth-order valence-electron chi connectivity index (χ4n) is 4.17. The van der Waals surface area contributed by atoms with Crippen LogP contribution in [0.25, 0.3) is 22.3 Å². The predicted octanol–water partition coefficient (Wildman–Crippen LogP) is 3.99. The second-order valence-corrected chi connectivity index (χ2v) is 9.83. The summed E-state index contributed by atoms with van der Waals surface area (Å²) in [5, 5.41) is 4.44. The molecule has 162 valence electrons. The van der Waals surface area contributed by atoms with Crippen LogP contribution in [0.3, 0.4) is 0 Å². The fraction of sp³-hybridized carbons (Fsp3) is 0.304. The summed E-state index contributed by atoms with van der Waals surface area (Å²) in [7, 11) is -1.77. The molecule has 0 amide bonds. The van der Waals surface area contributed by atoms with Gasteiger partial charge in [0.1, 0.15) is 5.82 Å². The van der Waals surface area contributed by atoms with Gasteiger partial charge >= 0.3 is 0 Å². The minimum Gasteiger partial charge on any atom is -0.357 e. The first kappa shape index (κ1) is 21.4. The number of nitrogens with zero attached hydrogens (tertiary/aromatic N) is 2. The number of methoxy groups -OCH3 is 1. The number of rotatable bonds is 5. The number of hydrogen-bond acceptors (Lipinski definition) is 5. The Morgan fingerprint density at radius 1 is 1.00 bits per heavy atom. The molecule has 1 aromatic heterocycles. The molecule has 1 aliphatic carbocycles. The zero-order chi connectivity index (χ0) is 22.2. The van der Waals surface area contributed by atoms with Gasteiger partial charge in [0, 0.05) is 18.9 Å². The molecule has 3 aromatic rings. The Hall–Kier alpha value is -2.84. The number of hydrogen-bond donors (Lipinski definition) is 0. The number of sulfone groups is 1. The van der Waals surface area contributed by atoms with Gasteiger partial charge in [-0.15, -0.1) is 0 Å². The zero-order valence-electron chi connectivity index (χ0n) is 17.3. The maximum atomic E-state index is 13.7. The third-order valence-electron chi connectivity index (χ3n) is 5.86. The van der Waals surface area contributed by atoms with Gasteiger partial charge < -0.3 is 4.74 Å². The van der Waals surface area contributed by atoms with Crippen LogP contribution in [0, 0.1) is 5.82 Å². The SMILES string of the molecule is COC1(n2ncc(-c3ccc(S(C)(=O)=O)cc3)c(-c3ccc(F)cc3)c2=O)CCCC1. The van der Waals surface area contributed by atoms with E-state index in [0.29, 0.717) is 35.1 Å². The summed E-state index contributed by atoms with van der Waals surface area (Å²) in [6.45, 7) is 0. The van der Waals surface area contributed by atoms with E-state index >= 15 is 0 Å². The van der Waals surface area contributed by atoms with Crippen molar-refractivity contribution in [3.05, 3.63) is 70.9 Å². The molecular weight excluding hydrogens is 419 g/mol. The fourth-order valence-corrected chi connectivity index (χ4v) is 4.80. The van der Waals surface area contributed by atoms with E-state index in [1.807, 2.05) is 0 Å². The van der Waals surface area contributed by atoms with Crippen molar-refractivity contribution >= 4 is 9.84 Å². The molecule has 2 aromatic carbocycles. The van der Waals surface area contributed by atoms with Crippen molar-refractivity contribution in [1.82, 2.24) is 9.78 Å². The number of halogens is 1. The van der Waals surface area contributed by atoms with Crippen LogP contribution in [0.15, 0.2) is 64.4 Å². The van der Waals surface area contributed by atoms with Crippen LogP contribution in [-0.4, -0.2) is 31.6 Å². The minimum absolute atomic E-state index is 0.185. The Kier molecular flexibility index (Phi) is 5.53. The molecule has 1 fully saturated rings. The Labute approximate surface area is 180 Å². The van der Waals surface area contributed by atoms with Crippen LogP contribution in [0.5, 0.6) is 0 Å². The molecule has 1 heterocycles. The van der Waals surface area contributed by atoms with Crippen LogP contribution >= 0.6 is 0 Å². The van der Waals surface area contributed by atoms with Gasteiger partial charge in [-0.05, 0) is 61.1 Å². The highest BCUT2D eigenvalue weighted by Crippen LogP contribution is 2.37. The lowest BCUT2D eigenvalue weighted by molar-refractivity contribution is -0.0853. The van der Waals surface area contributed by atoms with Crippen molar-refractivity contribution in [2.75, 3.05) is 13.4 Å². The van der Waals surface area contributed by atoms with Crippen molar-refractivity contribution in [2.24, 2.45) is 0 Å². The Bertz CT molecular complexity index is 1260. The second-order valence-electron chi connectivity index (χ2n) is 7.81. The van der Waals surface area contributed by atoms with Gasteiger partial charge in [0.25, 0.3) is 5.56 Å². The van der Waals surface area contributed by atoms with E-state index in [0.717, 1.165) is 19.1 Å². The minimum atomic E-state index is -3.35. The van der Waals surface area contributed by atoms with Crippen molar-refractivity contribution in [3.63, 3.8) is 0 Å². The Balaban J connectivity index is 1.94. The lowest BCUT2D eigenvalue weighted by Crippen LogP contribution is -2.43. The smallest absolute Gasteiger partial charge is 0.277 e. The Morgan fingerprint density at radius 2 is 1.58 bits per heavy atom. The topological polar surface area (TPSA) is 78.3 Å². The van der Waals surface area contributed by atoms with Gasteiger partial charge in [-0.2, -0.15) is 9.78 Å². The third kappa shape index (κ3) is 3.93. The van der Waals surface area contributed by atoms with E-state index in [2.05, 4.69) is 5.10 Å². The van der Waals surface area contributed by atoms with E-state index < -0.39 is 21.4 Å². The summed E-state index contributed by atoms with van der Waals surface area (Å²) in [4.78, 5) is 13.8. The van der Waals surface area contributed by atoms with Crippen LogP contribution in [-0.2, 0) is 20.3 Å². The molecule has 0 aliphatic heterocycles. The average Bonchev–Trinajstić information content (AvgIpc) is 3.24. The molecular formula is C23H23FN2O4S. The van der Waals surface area contributed by atoms with Crippen molar-refractivity contribution < 1.29 is 17.5 Å². The lowest BCUT2D eigenvalue weighted by atomic mass is 9.97. The first-order chi connectivity index (χ1) is 14.7. The van der Waals surface area contributed by atoms with Gasteiger partial charge in [0.2, 0.25) is 0 Å². The molecule has 4 rings (SSSR count). The molecule has 1 saturated carbocycles. The van der Waals surface area contributed by atoms with Crippen molar-refractivity contribution in [1.29, 1.82) is 0 Å².